The van der Waals surface area contributed by atoms with E-state index in [-0.39, 0.29) is 0 Å². The monoisotopic (exact) mass is 170 g/mol. The van der Waals surface area contributed by atoms with Gasteiger partial charge in [0, 0.05) is 19.6 Å². The number of rotatable bonds is 5. The van der Waals surface area contributed by atoms with E-state index in [9.17, 15) is 0 Å². The molecule has 1 N–H and O–H groups in total. The molecule has 2 heteroatoms. The zero-order valence-corrected chi connectivity index (χ0v) is 8.31. The SMILES string of the molecule is CCCCCNN1CCCCC1. The Morgan fingerprint density at radius 3 is 2.50 bits per heavy atom. The number of nitrogens with zero attached hydrogens (tertiary/aromatic N) is 1. The third kappa shape index (κ3) is 4.07. The number of hydrogen-bond donors (Lipinski definition) is 1. The van der Waals surface area contributed by atoms with Crippen molar-refractivity contribution in [3.63, 3.8) is 0 Å². The first kappa shape index (κ1) is 10.0. The van der Waals surface area contributed by atoms with E-state index in [0.717, 1.165) is 0 Å². The van der Waals surface area contributed by atoms with Crippen molar-refractivity contribution >= 4 is 0 Å². The summed E-state index contributed by atoms with van der Waals surface area (Å²) in [5.74, 6) is 0. The largest absolute Gasteiger partial charge is 0.255 e. The zero-order valence-electron chi connectivity index (χ0n) is 8.31. The molecule has 0 aromatic heterocycles. The van der Waals surface area contributed by atoms with E-state index in [4.69, 9.17) is 0 Å². The molecule has 1 rings (SSSR count). The van der Waals surface area contributed by atoms with Gasteiger partial charge in [0.15, 0.2) is 0 Å². The van der Waals surface area contributed by atoms with Crippen LogP contribution in [0.15, 0.2) is 0 Å². The molecule has 0 amide bonds. The van der Waals surface area contributed by atoms with Gasteiger partial charge >= 0.3 is 0 Å². The van der Waals surface area contributed by atoms with E-state index in [2.05, 4.69) is 17.4 Å². The fraction of sp³-hybridized carbons (Fsp3) is 1.00. The lowest BCUT2D eigenvalue weighted by atomic mass is 10.2. The molecule has 1 fully saturated rings. The minimum atomic E-state index is 1.17. The lowest BCUT2D eigenvalue weighted by molar-refractivity contribution is 0.153. The number of nitrogens with one attached hydrogen (secondary N) is 1. The zero-order chi connectivity index (χ0) is 8.65. The van der Waals surface area contributed by atoms with Crippen LogP contribution in [0.25, 0.3) is 0 Å². The van der Waals surface area contributed by atoms with E-state index in [1.165, 1.54) is 58.2 Å². The maximum atomic E-state index is 3.49. The van der Waals surface area contributed by atoms with Crippen molar-refractivity contribution < 1.29 is 0 Å². The molecule has 1 aliphatic heterocycles. The molecule has 0 saturated carbocycles. The van der Waals surface area contributed by atoms with Gasteiger partial charge in [-0.25, -0.2) is 5.01 Å². The predicted molar refractivity (Wildman–Crippen MR) is 53.0 cm³/mol. The Balaban J connectivity index is 1.91. The van der Waals surface area contributed by atoms with Gasteiger partial charge in [-0.05, 0) is 19.3 Å². The number of hydrazine groups is 1. The van der Waals surface area contributed by atoms with Crippen LogP contribution in [0.5, 0.6) is 0 Å². The van der Waals surface area contributed by atoms with Gasteiger partial charge in [0.05, 0.1) is 0 Å². The van der Waals surface area contributed by atoms with Crippen LogP contribution >= 0.6 is 0 Å². The highest BCUT2D eigenvalue weighted by atomic mass is 15.5. The van der Waals surface area contributed by atoms with Gasteiger partial charge in [-0.3, -0.25) is 5.43 Å². The van der Waals surface area contributed by atoms with Gasteiger partial charge in [0.2, 0.25) is 0 Å². The van der Waals surface area contributed by atoms with Gasteiger partial charge in [-0.15, -0.1) is 0 Å². The summed E-state index contributed by atoms with van der Waals surface area (Å²) in [7, 11) is 0. The lowest BCUT2D eigenvalue weighted by Gasteiger charge is -2.27. The Hall–Kier alpha value is -0.0800. The first-order chi connectivity index (χ1) is 5.93. The normalized spacial score (nSPS) is 19.8. The fourth-order valence-electron chi connectivity index (χ4n) is 1.66. The predicted octanol–water partition coefficient (Wildman–Crippen LogP) is 2.17. The molecule has 2 nitrogen and oxygen atoms in total. The first-order valence-electron chi connectivity index (χ1n) is 5.42. The highest BCUT2D eigenvalue weighted by Gasteiger charge is 2.07. The third-order valence-electron chi connectivity index (χ3n) is 2.47. The average Bonchev–Trinajstić information content (AvgIpc) is 2.14. The van der Waals surface area contributed by atoms with Gasteiger partial charge < -0.3 is 0 Å². The summed E-state index contributed by atoms with van der Waals surface area (Å²) in [5, 5.41) is 2.39. The van der Waals surface area contributed by atoms with E-state index >= 15 is 0 Å². The van der Waals surface area contributed by atoms with Gasteiger partial charge in [0.25, 0.3) is 0 Å². The van der Waals surface area contributed by atoms with Crippen LogP contribution in [0.2, 0.25) is 0 Å². The van der Waals surface area contributed by atoms with E-state index < -0.39 is 0 Å². The summed E-state index contributed by atoms with van der Waals surface area (Å²) < 4.78 is 0. The fourth-order valence-corrected chi connectivity index (χ4v) is 1.66. The highest BCUT2D eigenvalue weighted by Crippen LogP contribution is 2.05. The smallest absolute Gasteiger partial charge is 0.0131 e. The maximum Gasteiger partial charge on any atom is 0.0131 e. The number of hydrogen-bond acceptors (Lipinski definition) is 2. The van der Waals surface area contributed by atoms with Crippen LogP contribution in [0.1, 0.15) is 45.4 Å². The summed E-state index contributed by atoms with van der Waals surface area (Å²) in [6, 6.07) is 0. The van der Waals surface area contributed by atoms with Crippen molar-refractivity contribution in [1.29, 1.82) is 0 Å². The van der Waals surface area contributed by atoms with Crippen molar-refractivity contribution in [2.24, 2.45) is 0 Å². The van der Waals surface area contributed by atoms with E-state index in [1.807, 2.05) is 0 Å². The molecule has 0 atom stereocenters. The molecule has 12 heavy (non-hydrogen) atoms. The third-order valence-corrected chi connectivity index (χ3v) is 2.47. The van der Waals surface area contributed by atoms with Crippen LogP contribution in [0.4, 0.5) is 0 Å². The van der Waals surface area contributed by atoms with Gasteiger partial charge in [0.1, 0.15) is 0 Å². The Labute approximate surface area is 76.3 Å². The summed E-state index contributed by atoms with van der Waals surface area (Å²) in [5.41, 5.74) is 3.49. The molecule has 0 aromatic carbocycles. The molecule has 0 spiro atoms. The number of piperidine rings is 1. The quantitative estimate of drug-likeness (QED) is 0.636. The highest BCUT2D eigenvalue weighted by molar-refractivity contribution is 4.60. The standard InChI is InChI=1S/C10H22N2/c1-2-3-5-8-11-12-9-6-4-7-10-12/h11H,2-10H2,1H3. The molecule has 0 aliphatic carbocycles. The minimum Gasteiger partial charge on any atom is -0.255 e. The summed E-state index contributed by atoms with van der Waals surface area (Å²) in [6.07, 6.45) is 8.18. The van der Waals surface area contributed by atoms with Crippen molar-refractivity contribution in [1.82, 2.24) is 10.4 Å². The van der Waals surface area contributed by atoms with Crippen LogP contribution in [0, 0.1) is 0 Å². The molecule has 1 saturated heterocycles. The average molecular weight is 170 g/mol. The van der Waals surface area contributed by atoms with Crippen molar-refractivity contribution in [2.45, 2.75) is 45.4 Å². The molecule has 0 unspecified atom stereocenters. The van der Waals surface area contributed by atoms with Crippen LogP contribution < -0.4 is 5.43 Å². The molecule has 72 valence electrons. The Morgan fingerprint density at radius 2 is 1.83 bits per heavy atom. The molecule has 1 heterocycles. The Kier molecular flexibility index (Phi) is 5.37. The maximum absolute atomic E-state index is 3.49. The lowest BCUT2D eigenvalue weighted by Crippen LogP contribution is -2.41. The topological polar surface area (TPSA) is 15.3 Å². The number of unbranched alkanes of at least 4 members (excludes halogenated alkanes) is 2. The van der Waals surface area contributed by atoms with Crippen LogP contribution in [-0.2, 0) is 0 Å². The summed E-state index contributed by atoms with van der Waals surface area (Å²) in [4.78, 5) is 0. The van der Waals surface area contributed by atoms with Crippen LogP contribution in [-0.4, -0.2) is 24.6 Å². The second-order valence-corrected chi connectivity index (χ2v) is 3.66. The van der Waals surface area contributed by atoms with E-state index in [0.29, 0.717) is 0 Å². The molecular formula is C10H22N2. The second-order valence-electron chi connectivity index (χ2n) is 3.66. The molecule has 0 bridgehead atoms. The molecule has 0 aromatic rings. The second kappa shape index (κ2) is 6.44. The van der Waals surface area contributed by atoms with Crippen molar-refractivity contribution in [3.05, 3.63) is 0 Å². The first-order valence-corrected chi connectivity index (χ1v) is 5.42. The van der Waals surface area contributed by atoms with Gasteiger partial charge in [-0.2, -0.15) is 0 Å². The molecule has 0 radical (unpaired) electrons. The summed E-state index contributed by atoms with van der Waals surface area (Å²) >= 11 is 0. The minimum absolute atomic E-state index is 1.17. The summed E-state index contributed by atoms with van der Waals surface area (Å²) in [6.45, 7) is 5.94. The Bertz CT molecular complexity index is 98.0. The molecule has 1 aliphatic rings. The van der Waals surface area contributed by atoms with Crippen LogP contribution in [0.3, 0.4) is 0 Å². The van der Waals surface area contributed by atoms with E-state index in [1.54, 1.807) is 0 Å². The Morgan fingerprint density at radius 1 is 1.08 bits per heavy atom. The van der Waals surface area contributed by atoms with Crippen molar-refractivity contribution in [3.8, 4) is 0 Å². The van der Waals surface area contributed by atoms with Gasteiger partial charge in [-0.1, -0.05) is 26.2 Å². The van der Waals surface area contributed by atoms with Crippen molar-refractivity contribution in [2.75, 3.05) is 19.6 Å². The molecular weight excluding hydrogens is 148 g/mol.